The van der Waals surface area contributed by atoms with Gasteiger partial charge in [0.1, 0.15) is 4.90 Å². The second-order valence-corrected chi connectivity index (χ2v) is 6.27. The van der Waals surface area contributed by atoms with Crippen LogP contribution in [0, 0.1) is 0 Å². The first-order valence-electron chi connectivity index (χ1n) is 6.19. The number of aliphatic hydroxyl groups is 1. The van der Waals surface area contributed by atoms with Crippen molar-refractivity contribution in [2.45, 2.75) is 31.2 Å². The van der Waals surface area contributed by atoms with E-state index in [0.29, 0.717) is 12.1 Å². The van der Waals surface area contributed by atoms with E-state index in [-0.39, 0.29) is 24.1 Å². The van der Waals surface area contributed by atoms with Crippen LogP contribution >= 0.6 is 0 Å². The molecule has 0 aliphatic carbocycles. The van der Waals surface area contributed by atoms with E-state index in [2.05, 4.69) is 10.3 Å². The van der Waals surface area contributed by atoms with Gasteiger partial charge in [-0.05, 0) is 26.3 Å². The molecule has 0 aliphatic heterocycles. The molecule has 0 aliphatic rings. The fourth-order valence-corrected chi connectivity index (χ4v) is 3.62. The lowest BCUT2D eigenvalue weighted by Gasteiger charge is -2.26. The van der Waals surface area contributed by atoms with E-state index < -0.39 is 10.0 Å². The van der Waals surface area contributed by atoms with Crippen LogP contribution in [-0.2, 0) is 10.0 Å². The molecule has 0 saturated heterocycles. The normalized spacial score (nSPS) is 12.1. The van der Waals surface area contributed by atoms with Crippen LogP contribution in [0.3, 0.4) is 0 Å². The summed E-state index contributed by atoms with van der Waals surface area (Å²) in [6, 6.07) is 1.44. The summed E-state index contributed by atoms with van der Waals surface area (Å²) in [5, 5.41) is 11.7. The first kappa shape index (κ1) is 15.9. The molecule has 0 saturated carbocycles. The maximum atomic E-state index is 12.6. The Balaban J connectivity index is 3.19. The third kappa shape index (κ3) is 3.65. The van der Waals surface area contributed by atoms with Crippen LogP contribution in [0.1, 0.15) is 20.3 Å². The number of nitrogens with one attached hydrogen (secondary N) is 1. The fraction of sp³-hybridized carbons (Fsp3) is 0.583. The molecule has 0 aromatic carbocycles. The van der Waals surface area contributed by atoms with E-state index in [0.717, 1.165) is 0 Å². The Kier molecular flexibility index (Phi) is 5.71. The van der Waals surface area contributed by atoms with Crippen molar-refractivity contribution in [2.75, 3.05) is 25.5 Å². The van der Waals surface area contributed by atoms with E-state index in [4.69, 9.17) is 5.11 Å². The molecule has 0 radical (unpaired) electrons. The summed E-state index contributed by atoms with van der Waals surface area (Å²) >= 11 is 0. The Hall–Kier alpha value is -1.18. The predicted octanol–water partition coefficient (Wildman–Crippen LogP) is 0.905. The molecule has 0 atom stereocenters. The first-order chi connectivity index (χ1) is 8.95. The van der Waals surface area contributed by atoms with E-state index in [1.807, 2.05) is 13.8 Å². The summed E-state index contributed by atoms with van der Waals surface area (Å²) in [4.78, 5) is 4.04. The number of hydrogen-bond acceptors (Lipinski definition) is 5. The zero-order valence-electron chi connectivity index (χ0n) is 11.5. The summed E-state index contributed by atoms with van der Waals surface area (Å²) < 4.78 is 26.6. The van der Waals surface area contributed by atoms with Crippen LogP contribution in [0.4, 0.5) is 5.69 Å². The van der Waals surface area contributed by atoms with Gasteiger partial charge >= 0.3 is 0 Å². The second kappa shape index (κ2) is 6.83. The highest BCUT2D eigenvalue weighted by molar-refractivity contribution is 7.89. The number of anilines is 1. The number of sulfonamides is 1. The molecule has 0 amide bonds. The molecule has 0 fully saturated rings. The molecule has 7 heteroatoms. The van der Waals surface area contributed by atoms with Gasteiger partial charge in [-0.2, -0.15) is 4.31 Å². The highest BCUT2D eigenvalue weighted by Gasteiger charge is 2.28. The average Bonchev–Trinajstić information content (AvgIpc) is 2.38. The van der Waals surface area contributed by atoms with Crippen molar-refractivity contribution in [3.05, 3.63) is 18.5 Å². The van der Waals surface area contributed by atoms with Crippen molar-refractivity contribution < 1.29 is 13.5 Å². The van der Waals surface area contributed by atoms with E-state index in [1.165, 1.54) is 16.7 Å². The number of rotatable bonds is 7. The van der Waals surface area contributed by atoms with Crippen LogP contribution in [0.15, 0.2) is 23.4 Å². The maximum Gasteiger partial charge on any atom is 0.246 e. The van der Waals surface area contributed by atoms with Gasteiger partial charge in [-0.25, -0.2) is 8.42 Å². The molecule has 1 aromatic rings. The Morgan fingerprint density at radius 3 is 2.68 bits per heavy atom. The molecule has 2 N–H and O–H groups in total. The Morgan fingerprint density at radius 1 is 1.47 bits per heavy atom. The molecule has 108 valence electrons. The van der Waals surface area contributed by atoms with Crippen LogP contribution in [0.5, 0.6) is 0 Å². The van der Waals surface area contributed by atoms with Gasteiger partial charge in [0.25, 0.3) is 0 Å². The van der Waals surface area contributed by atoms with Gasteiger partial charge < -0.3 is 10.4 Å². The molecule has 1 heterocycles. The third-order valence-electron chi connectivity index (χ3n) is 2.75. The fourth-order valence-electron chi connectivity index (χ4n) is 1.80. The van der Waals surface area contributed by atoms with Crippen molar-refractivity contribution in [1.29, 1.82) is 0 Å². The van der Waals surface area contributed by atoms with E-state index in [1.54, 1.807) is 13.1 Å². The second-order valence-electron chi connectivity index (χ2n) is 4.41. The standard InChI is InChI=1S/C12H21N3O3S/c1-10(2)15(7-4-8-16)19(17,18)12-9-14-6-5-11(12)13-3/h5-6,9-10,16H,4,7-8H2,1-3H3,(H,13,14). The number of aromatic nitrogens is 1. The molecule has 6 nitrogen and oxygen atoms in total. The van der Waals surface area contributed by atoms with Crippen molar-refractivity contribution in [3.8, 4) is 0 Å². The first-order valence-corrected chi connectivity index (χ1v) is 7.63. The minimum Gasteiger partial charge on any atom is -0.396 e. The number of nitrogens with zero attached hydrogens (tertiary/aromatic N) is 2. The SMILES string of the molecule is CNc1ccncc1S(=O)(=O)N(CCCO)C(C)C. The Morgan fingerprint density at radius 2 is 2.16 bits per heavy atom. The largest absolute Gasteiger partial charge is 0.396 e. The van der Waals surface area contributed by atoms with E-state index >= 15 is 0 Å². The lowest BCUT2D eigenvalue weighted by Crippen LogP contribution is -2.38. The predicted molar refractivity (Wildman–Crippen MR) is 74.5 cm³/mol. The third-order valence-corrected chi connectivity index (χ3v) is 4.86. The minimum atomic E-state index is -3.62. The van der Waals surface area contributed by atoms with Gasteiger partial charge in [0, 0.05) is 38.6 Å². The quantitative estimate of drug-likeness (QED) is 0.779. The summed E-state index contributed by atoms with van der Waals surface area (Å²) in [5.74, 6) is 0. The highest BCUT2D eigenvalue weighted by Crippen LogP contribution is 2.24. The van der Waals surface area contributed by atoms with Crippen molar-refractivity contribution >= 4 is 15.7 Å². The molecule has 19 heavy (non-hydrogen) atoms. The smallest absolute Gasteiger partial charge is 0.246 e. The lowest BCUT2D eigenvalue weighted by molar-refractivity contribution is 0.258. The molecule has 1 aromatic heterocycles. The van der Waals surface area contributed by atoms with E-state index in [9.17, 15) is 8.42 Å². The maximum absolute atomic E-state index is 12.6. The molecule has 0 spiro atoms. The highest BCUT2D eigenvalue weighted by atomic mass is 32.2. The molecular formula is C12H21N3O3S. The van der Waals surface area contributed by atoms with Crippen molar-refractivity contribution in [2.24, 2.45) is 0 Å². The zero-order valence-corrected chi connectivity index (χ0v) is 12.3. The van der Waals surface area contributed by atoms with Crippen LogP contribution in [0.2, 0.25) is 0 Å². The monoisotopic (exact) mass is 287 g/mol. The molecule has 1 rings (SSSR count). The van der Waals surface area contributed by atoms with Gasteiger partial charge in [0.15, 0.2) is 0 Å². The lowest BCUT2D eigenvalue weighted by atomic mass is 10.3. The van der Waals surface area contributed by atoms with Gasteiger partial charge in [-0.15, -0.1) is 0 Å². The van der Waals surface area contributed by atoms with Crippen LogP contribution < -0.4 is 5.32 Å². The number of hydrogen-bond donors (Lipinski definition) is 2. The van der Waals surface area contributed by atoms with Gasteiger partial charge in [0.05, 0.1) is 5.69 Å². The van der Waals surface area contributed by atoms with Crippen molar-refractivity contribution in [3.63, 3.8) is 0 Å². The Labute approximate surface area is 114 Å². The average molecular weight is 287 g/mol. The summed E-state index contributed by atoms with van der Waals surface area (Å²) in [7, 11) is -1.95. The van der Waals surface area contributed by atoms with Gasteiger partial charge in [0.2, 0.25) is 10.0 Å². The zero-order chi connectivity index (χ0) is 14.5. The van der Waals surface area contributed by atoms with Crippen molar-refractivity contribution in [1.82, 2.24) is 9.29 Å². The number of pyridine rings is 1. The van der Waals surface area contributed by atoms with Crippen LogP contribution in [0.25, 0.3) is 0 Å². The minimum absolute atomic E-state index is 0.0370. The molecule has 0 bridgehead atoms. The summed E-state index contributed by atoms with van der Waals surface area (Å²) in [6.07, 6.45) is 3.29. The summed E-state index contributed by atoms with van der Waals surface area (Å²) in [5.41, 5.74) is 0.518. The Bertz CT molecular complexity index is 503. The van der Waals surface area contributed by atoms with Gasteiger partial charge in [-0.1, -0.05) is 0 Å². The topological polar surface area (TPSA) is 82.5 Å². The van der Waals surface area contributed by atoms with Crippen LogP contribution in [-0.4, -0.2) is 49.1 Å². The molecular weight excluding hydrogens is 266 g/mol. The van der Waals surface area contributed by atoms with Gasteiger partial charge in [-0.3, -0.25) is 4.98 Å². The summed E-state index contributed by atoms with van der Waals surface area (Å²) in [6.45, 7) is 3.87. The number of aliphatic hydroxyl groups excluding tert-OH is 1. The molecule has 0 unspecified atom stereocenters.